The highest BCUT2D eigenvalue weighted by Crippen LogP contribution is 2.43. The number of ether oxygens (including phenoxy) is 2. The van der Waals surface area contributed by atoms with Gasteiger partial charge in [-0.3, -0.25) is 4.79 Å². The summed E-state index contributed by atoms with van der Waals surface area (Å²) in [4.78, 5) is 23.9. The fourth-order valence-electron chi connectivity index (χ4n) is 2.51. The first-order chi connectivity index (χ1) is 11.6. The van der Waals surface area contributed by atoms with Crippen molar-refractivity contribution < 1.29 is 19.1 Å². The topological polar surface area (TPSA) is 52.6 Å². The maximum atomic E-state index is 12.7. The third-order valence-electron chi connectivity index (χ3n) is 3.73. The molecule has 1 fully saturated rings. The van der Waals surface area contributed by atoms with Gasteiger partial charge in [0.05, 0.1) is 6.42 Å². The van der Waals surface area contributed by atoms with E-state index in [2.05, 4.69) is 0 Å². The van der Waals surface area contributed by atoms with Gasteiger partial charge in [0.2, 0.25) is 0 Å². The van der Waals surface area contributed by atoms with Crippen molar-refractivity contribution in [3.05, 3.63) is 65.7 Å². The van der Waals surface area contributed by atoms with Crippen molar-refractivity contribution in [1.29, 1.82) is 0 Å². The Hall–Kier alpha value is -2.27. The highest BCUT2D eigenvalue weighted by molar-refractivity contribution is 8.01. The molecule has 0 aliphatic carbocycles. The molecule has 1 aliphatic rings. The number of cyclic esters (lactones) is 1. The summed E-state index contributed by atoms with van der Waals surface area (Å²) in [5.74, 6) is -0.879. The van der Waals surface area contributed by atoms with Gasteiger partial charge in [0, 0.05) is 11.3 Å². The number of thioether (sulfide) groups is 1. The van der Waals surface area contributed by atoms with E-state index in [1.807, 2.05) is 61.5 Å². The summed E-state index contributed by atoms with van der Waals surface area (Å²) in [6.45, 7) is 2.14. The van der Waals surface area contributed by atoms with E-state index in [4.69, 9.17) is 9.47 Å². The minimum Gasteiger partial charge on any atom is -0.457 e. The Kier molecular flexibility index (Phi) is 4.90. The predicted octanol–water partition coefficient (Wildman–Crippen LogP) is 3.86. The van der Waals surface area contributed by atoms with Gasteiger partial charge in [0.1, 0.15) is 6.61 Å². The first-order valence-electron chi connectivity index (χ1n) is 7.76. The summed E-state index contributed by atoms with van der Waals surface area (Å²) in [5.41, 5.74) is 1.98. The van der Waals surface area contributed by atoms with E-state index < -0.39 is 10.9 Å². The second-order valence-corrected chi connectivity index (χ2v) is 7.04. The number of carbonyl (C=O) groups excluding carboxylic acids is 2. The van der Waals surface area contributed by atoms with E-state index in [0.717, 1.165) is 16.0 Å². The normalized spacial score (nSPS) is 19.8. The average Bonchev–Trinajstić information content (AvgIpc) is 2.95. The standard InChI is InChI=1S/C19H18O4S/c1-14-6-5-9-16(12-14)24-19(11-10-17(20)23-19)18(21)22-13-15-7-3-2-4-8-15/h2-9,12H,10-11,13H2,1H3. The monoisotopic (exact) mass is 342 g/mol. The smallest absolute Gasteiger partial charge is 0.362 e. The van der Waals surface area contributed by atoms with Gasteiger partial charge in [0.15, 0.2) is 0 Å². The number of carbonyl (C=O) groups is 2. The Morgan fingerprint density at radius 3 is 2.67 bits per heavy atom. The van der Waals surface area contributed by atoms with Gasteiger partial charge in [-0.2, -0.15) is 0 Å². The fraction of sp³-hybridized carbons (Fsp3) is 0.263. The number of benzene rings is 2. The highest BCUT2D eigenvalue weighted by atomic mass is 32.2. The number of rotatable bonds is 5. The van der Waals surface area contributed by atoms with Crippen molar-refractivity contribution in [2.24, 2.45) is 0 Å². The SMILES string of the molecule is Cc1cccc(SC2(C(=O)OCc3ccccc3)CCC(=O)O2)c1. The van der Waals surface area contributed by atoms with Crippen LogP contribution in [0.3, 0.4) is 0 Å². The van der Waals surface area contributed by atoms with Gasteiger partial charge in [-0.1, -0.05) is 59.8 Å². The molecule has 5 heteroatoms. The van der Waals surface area contributed by atoms with E-state index in [1.165, 1.54) is 11.8 Å². The molecule has 0 spiro atoms. The van der Waals surface area contributed by atoms with E-state index in [0.29, 0.717) is 6.42 Å². The van der Waals surface area contributed by atoms with Crippen LogP contribution < -0.4 is 0 Å². The molecule has 0 bridgehead atoms. The summed E-state index contributed by atoms with van der Waals surface area (Å²) in [7, 11) is 0. The van der Waals surface area contributed by atoms with Crippen LogP contribution in [0.5, 0.6) is 0 Å². The minimum absolute atomic E-state index is 0.160. The van der Waals surface area contributed by atoms with Crippen molar-refractivity contribution in [3.63, 3.8) is 0 Å². The minimum atomic E-state index is -1.29. The molecule has 4 nitrogen and oxygen atoms in total. The zero-order valence-electron chi connectivity index (χ0n) is 13.4. The van der Waals surface area contributed by atoms with Gasteiger partial charge >= 0.3 is 11.9 Å². The van der Waals surface area contributed by atoms with Crippen LogP contribution in [0.15, 0.2) is 59.5 Å². The molecule has 1 aliphatic heterocycles. The largest absolute Gasteiger partial charge is 0.457 e. The summed E-state index contributed by atoms with van der Waals surface area (Å²) in [6, 6.07) is 17.2. The molecular weight excluding hydrogens is 324 g/mol. The van der Waals surface area contributed by atoms with Crippen LogP contribution in [0.1, 0.15) is 24.0 Å². The fourth-order valence-corrected chi connectivity index (χ4v) is 3.77. The quantitative estimate of drug-likeness (QED) is 0.772. The van der Waals surface area contributed by atoms with E-state index in [9.17, 15) is 9.59 Å². The summed E-state index contributed by atoms with van der Waals surface area (Å²) >= 11 is 1.24. The van der Waals surface area contributed by atoms with Gasteiger partial charge in [-0.25, -0.2) is 4.79 Å². The van der Waals surface area contributed by atoms with Crippen molar-refractivity contribution in [2.45, 2.75) is 36.2 Å². The number of esters is 2. The molecule has 3 rings (SSSR count). The molecule has 2 aromatic carbocycles. The van der Waals surface area contributed by atoms with Crippen LogP contribution in [-0.4, -0.2) is 16.9 Å². The zero-order valence-corrected chi connectivity index (χ0v) is 14.2. The molecule has 0 N–H and O–H groups in total. The molecule has 0 radical (unpaired) electrons. The van der Waals surface area contributed by atoms with Gasteiger partial charge in [-0.05, 0) is 24.6 Å². The Bertz CT molecular complexity index is 744. The predicted molar refractivity (Wildman–Crippen MR) is 91.3 cm³/mol. The third kappa shape index (κ3) is 3.79. The number of aryl methyl sites for hydroxylation is 1. The maximum Gasteiger partial charge on any atom is 0.362 e. The van der Waals surface area contributed by atoms with Crippen LogP contribution in [0.25, 0.3) is 0 Å². The second-order valence-electron chi connectivity index (χ2n) is 5.71. The lowest BCUT2D eigenvalue weighted by Gasteiger charge is -2.24. The molecule has 24 heavy (non-hydrogen) atoms. The first kappa shape index (κ1) is 16.6. The summed E-state index contributed by atoms with van der Waals surface area (Å²) in [6.07, 6.45) is 0.539. The molecular formula is C19H18O4S. The first-order valence-corrected chi connectivity index (χ1v) is 8.58. The lowest BCUT2D eigenvalue weighted by Crippen LogP contribution is -2.36. The lowest BCUT2D eigenvalue weighted by molar-refractivity contribution is -0.165. The molecule has 0 aromatic heterocycles. The molecule has 1 atom stereocenters. The molecule has 1 unspecified atom stereocenters. The molecule has 1 heterocycles. The lowest BCUT2D eigenvalue weighted by atomic mass is 10.2. The van der Waals surface area contributed by atoms with Crippen LogP contribution >= 0.6 is 11.8 Å². The summed E-state index contributed by atoms with van der Waals surface area (Å²) in [5, 5.41) is 0. The second kappa shape index (κ2) is 7.09. The third-order valence-corrected chi connectivity index (χ3v) is 5.01. The van der Waals surface area contributed by atoms with Crippen molar-refractivity contribution >= 4 is 23.7 Å². The van der Waals surface area contributed by atoms with Crippen molar-refractivity contribution in [3.8, 4) is 0 Å². The van der Waals surface area contributed by atoms with Crippen LogP contribution in [0.4, 0.5) is 0 Å². The molecule has 2 aromatic rings. The average molecular weight is 342 g/mol. The molecule has 0 amide bonds. The maximum absolute atomic E-state index is 12.7. The van der Waals surface area contributed by atoms with Gasteiger partial charge in [0.25, 0.3) is 4.93 Å². The molecule has 124 valence electrons. The van der Waals surface area contributed by atoms with Crippen LogP contribution in [-0.2, 0) is 25.7 Å². The van der Waals surface area contributed by atoms with E-state index in [-0.39, 0.29) is 19.0 Å². The number of hydrogen-bond acceptors (Lipinski definition) is 5. The van der Waals surface area contributed by atoms with Gasteiger partial charge in [-0.15, -0.1) is 0 Å². The Morgan fingerprint density at radius 1 is 1.21 bits per heavy atom. The Morgan fingerprint density at radius 2 is 2.00 bits per heavy atom. The van der Waals surface area contributed by atoms with E-state index >= 15 is 0 Å². The van der Waals surface area contributed by atoms with Crippen molar-refractivity contribution in [1.82, 2.24) is 0 Å². The van der Waals surface area contributed by atoms with Crippen LogP contribution in [0.2, 0.25) is 0 Å². The Balaban J connectivity index is 1.75. The van der Waals surface area contributed by atoms with Crippen LogP contribution in [0, 0.1) is 6.92 Å². The Labute approximate surface area is 145 Å². The number of hydrogen-bond donors (Lipinski definition) is 0. The van der Waals surface area contributed by atoms with Crippen molar-refractivity contribution in [2.75, 3.05) is 0 Å². The molecule has 1 saturated heterocycles. The highest BCUT2D eigenvalue weighted by Gasteiger charge is 2.50. The zero-order chi connectivity index (χ0) is 17.0. The summed E-state index contributed by atoms with van der Waals surface area (Å²) < 4.78 is 10.8. The molecule has 0 saturated carbocycles. The van der Waals surface area contributed by atoms with E-state index in [1.54, 1.807) is 0 Å². The van der Waals surface area contributed by atoms with Gasteiger partial charge < -0.3 is 9.47 Å².